The summed E-state index contributed by atoms with van der Waals surface area (Å²) >= 11 is 12.3. The van der Waals surface area contributed by atoms with Gasteiger partial charge >= 0.3 is 0 Å². The van der Waals surface area contributed by atoms with E-state index in [1.807, 2.05) is 31.2 Å². The molecule has 0 aliphatic rings. The van der Waals surface area contributed by atoms with Crippen LogP contribution in [0.5, 0.6) is 0 Å². The molecule has 0 aliphatic heterocycles. The number of halogens is 2. The van der Waals surface area contributed by atoms with Gasteiger partial charge in [-0.25, -0.2) is 19.9 Å². The van der Waals surface area contributed by atoms with Gasteiger partial charge in [-0.2, -0.15) is 0 Å². The van der Waals surface area contributed by atoms with E-state index in [1.165, 1.54) is 6.33 Å². The topological polar surface area (TPSA) is 122 Å². The first-order chi connectivity index (χ1) is 12.9. The maximum absolute atomic E-state index is 8.09. The Morgan fingerprint density at radius 3 is 2.56 bits per heavy atom. The van der Waals surface area contributed by atoms with Gasteiger partial charge in [-0.3, -0.25) is 5.41 Å². The van der Waals surface area contributed by atoms with Crippen molar-refractivity contribution in [3.05, 3.63) is 57.5 Å². The van der Waals surface area contributed by atoms with Crippen molar-refractivity contribution in [1.82, 2.24) is 29.5 Å². The second kappa shape index (κ2) is 6.64. The van der Waals surface area contributed by atoms with Crippen molar-refractivity contribution in [2.45, 2.75) is 13.5 Å². The van der Waals surface area contributed by atoms with E-state index in [0.717, 1.165) is 11.1 Å². The summed E-state index contributed by atoms with van der Waals surface area (Å²) < 4.78 is 1.73. The number of nitrogens with zero attached hydrogens (tertiary/aromatic N) is 5. The Kier molecular flexibility index (Phi) is 4.29. The number of nitrogens with two attached hydrogens (primary N) is 1. The number of aryl methyl sites for hydroxylation is 1. The highest BCUT2D eigenvalue weighted by molar-refractivity contribution is 6.34. The zero-order chi connectivity index (χ0) is 19.1. The van der Waals surface area contributed by atoms with Crippen molar-refractivity contribution in [3.63, 3.8) is 0 Å². The number of benzene rings is 1. The molecule has 0 saturated heterocycles. The normalized spacial score (nSPS) is 11.2. The average molecular weight is 401 g/mol. The highest BCUT2D eigenvalue weighted by atomic mass is 35.5. The van der Waals surface area contributed by atoms with Gasteiger partial charge < -0.3 is 15.3 Å². The molecule has 0 aliphatic carbocycles. The minimum atomic E-state index is 0.00476. The Morgan fingerprint density at radius 2 is 1.85 bits per heavy atom. The number of aromatic amines is 1. The van der Waals surface area contributed by atoms with Gasteiger partial charge in [0.05, 0.1) is 12.9 Å². The Hall–Kier alpha value is -2.97. The van der Waals surface area contributed by atoms with Crippen molar-refractivity contribution in [2.24, 2.45) is 0 Å². The number of H-pyrrole nitrogens is 1. The molecule has 4 rings (SSSR count). The second-order valence-corrected chi connectivity index (χ2v) is 6.68. The van der Waals surface area contributed by atoms with E-state index < -0.39 is 0 Å². The van der Waals surface area contributed by atoms with Crippen LogP contribution in [-0.2, 0) is 6.54 Å². The summed E-state index contributed by atoms with van der Waals surface area (Å²) in [6.45, 7) is 2.24. The number of rotatable bonds is 3. The number of nitrogen functional groups attached to an aromatic ring is 1. The number of nitrogens with one attached hydrogen (secondary N) is 2. The van der Waals surface area contributed by atoms with E-state index in [1.54, 1.807) is 4.57 Å². The van der Waals surface area contributed by atoms with Gasteiger partial charge in [0, 0.05) is 11.1 Å². The summed E-state index contributed by atoms with van der Waals surface area (Å²) in [6, 6.07) is 7.87. The summed E-state index contributed by atoms with van der Waals surface area (Å²) in [5.74, 6) is 0.661. The molecule has 0 spiro atoms. The molecule has 8 nitrogen and oxygen atoms in total. The quantitative estimate of drug-likeness (QED) is 0.456. The van der Waals surface area contributed by atoms with Gasteiger partial charge in [-0.05, 0) is 12.5 Å². The molecule has 3 aromatic heterocycles. The fourth-order valence-electron chi connectivity index (χ4n) is 2.81. The standard InChI is InChI=1S/C17H14Cl2N8/c1-8-4-2-3-5-9(8)15-23-11-14(20)22-7-27(16(11)26-15)6-10-12(18)24-17(21)25-13(10)19/h2-5,7,20H,6H2,1H3,(H,23,26)(H2,21,24,25). The third-order valence-electron chi connectivity index (χ3n) is 4.17. The van der Waals surface area contributed by atoms with Gasteiger partial charge in [-0.15, -0.1) is 0 Å². The second-order valence-electron chi connectivity index (χ2n) is 5.96. The molecule has 4 aromatic rings. The van der Waals surface area contributed by atoms with Gasteiger partial charge in [0.15, 0.2) is 11.1 Å². The summed E-state index contributed by atoms with van der Waals surface area (Å²) in [5.41, 5.74) is 9.24. The van der Waals surface area contributed by atoms with Crippen LogP contribution in [0.1, 0.15) is 11.1 Å². The fourth-order valence-corrected chi connectivity index (χ4v) is 3.33. The molecule has 0 radical (unpaired) electrons. The van der Waals surface area contributed by atoms with Crippen LogP contribution in [0.4, 0.5) is 5.95 Å². The lowest BCUT2D eigenvalue weighted by Crippen LogP contribution is -2.14. The maximum Gasteiger partial charge on any atom is 0.222 e. The largest absolute Gasteiger partial charge is 0.368 e. The van der Waals surface area contributed by atoms with Gasteiger partial charge in [-0.1, -0.05) is 47.5 Å². The third kappa shape index (κ3) is 3.13. The Labute approximate surface area is 163 Å². The van der Waals surface area contributed by atoms with Crippen molar-refractivity contribution in [1.29, 1.82) is 5.41 Å². The van der Waals surface area contributed by atoms with E-state index in [2.05, 4.69) is 24.9 Å². The molecule has 136 valence electrons. The van der Waals surface area contributed by atoms with E-state index in [0.29, 0.717) is 22.6 Å². The van der Waals surface area contributed by atoms with Crippen LogP contribution >= 0.6 is 23.2 Å². The van der Waals surface area contributed by atoms with Crippen LogP contribution < -0.4 is 11.2 Å². The predicted molar refractivity (Wildman–Crippen MR) is 103 cm³/mol. The maximum atomic E-state index is 8.09. The van der Waals surface area contributed by atoms with Gasteiger partial charge in [0.2, 0.25) is 5.95 Å². The molecule has 0 bridgehead atoms. The van der Waals surface area contributed by atoms with Crippen LogP contribution in [0.25, 0.3) is 22.6 Å². The number of hydrogen-bond donors (Lipinski definition) is 3. The van der Waals surface area contributed by atoms with Crippen LogP contribution in [0, 0.1) is 12.3 Å². The van der Waals surface area contributed by atoms with Gasteiger partial charge in [0.25, 0.3) is 0 Å². The zero-order valence-electron chi connectivity index (χ0n) is 14.2. The lowest BCUT2D eigenvalue weighted by molar-refractivity contribution is 0.777. The number of hydrogen-bond acceptors (Lipinski definition) is 6. The molecular weight excluding hydrogens is 387 g/mol. The monoisotopic (exact) mass is 400 g/mol. The van der Waals surface area contributed by atoms with E-state index in [4.69, 9.17) is 34.3 Å². The van der Waals surface area contributed by atoms with Crippen LogP contribution in [0.15, 0.2) is 30.6 Å². The number of imidazole rings is 1. The molecule has 0 fully saturated rings. The van der Waals surface area contributed by atoms with Crippen LogP contribution in [0.3, 0.4) is 0 Å². The smallest absolute Gasteiger partial charge is 0.222 e. The summed E-state index contributed by atoms with van der Waals surface area (Å²) in [7, 11) is 0. The predicted octanol–water partition coefficient (Wildman–Crippen LogP) is 2.94. The lowest BCUT2D eigenvalue weighted by atomic mass is 10.1. The highest BCUT2D eigenvalue weighted by Crippen LogP contribution is 2.25. The highest BCUT2D eigenvalue weighted by Gasteiger charge is 2.16. The Morgan fingerprint density at radius 1 is 1.15 bits per heavy atom. The Balaban J connectivity index is 1.87. The zero-order valence-corrected chi connectivity index (χ0v) is 15.7. The molecule has 1 aromatic carbocycles. The van der Waals surface area contributed by atoms with Crippen molar-refractivity contribution >= 4 is 40.3 Å². The van der Waals surface area contributed by atoms with Crippen molar-refractivity contribution < 1.29 is 0 Å². The first-order valence-corrected chi connectivity index (χ1v) is 8.72. The van der Waals surface area contributed by atoms with Gasteiger partial charge in [0.1, 0.15) is 21.6 Å². The molecule has 0 unspecified atom stereocenters. The van der Waals surface area contributed by atoms with E-state index in [9.17, 15) is 0 Å². The molecular formula is C17H14Cl2N8. The average Bonchev–Trinajstić information content (AvgIpc) is 3.06. The molecule has 0 amide bonds. The van der Waals surface area contributed by atoms with Crippen LogP contribution in [0.2, 0.25) is 10.3 Å². The SMILES string of the molecule is Cc1ccccc1-c1nc2c([nH]1)c(=N)ncn2Cc1c(Cl)nc(N)nc1Cl. The van der Waals surface area contributed by atoms with Crippen molar-refractivity contribution in [2.75, 3.05) is 5.73 Å². The molecule has 27 heavy (non-hydrogen) atoms. The summed E-state index contributed by atoms with van der Waals surface area (Å²) in [5, 5.41) is 8.42. The van der Waals surface area contributed by atoms with E-state index >= 15 is 0 Å². The minimum Gasteiger partial charge on any atom is -0.368 e. The van der Waals surface area contributed by atoms with E-state index in [-0.39, 0.29) is 28.3 Å². The number of aromatic nitrogens is 6. The number of fused-ring (bicyclic) bond motifs is 1. The fraction of sp³-hybridized carbons (Fsp3) is 0.118. The summed E-state index contributed by atoms with van der Waals surface area (Å²) in [4.78, 5) is 19.9. The molecule has 4 N–H and O–H groups in total. The Bertz CT molecular complexity index is 1200. The molecule has 10 heteroatoms. The van der Waals surface area contributed by atoms with Crippen molar-refractivity contribution in [3.8, 4) is 11.4 Å². The first kappa shape index (κ1) is 17.4. The molecule has 3 heterocycles. The third-order valence-corrected chi connectivity index (χ3v) is 4.80. The number of anilines is 1. The minimum absolute atomic E-state index is 0.00476. The van der Waals surface area contributed by atoms with Crippen LogP contribution in [-0.4, -0.2) is 29.5 Å². The molecule has 0 atom stereocenters. The summed E-state index contributed by atoms with van der Waals surface area (Å²) in [6.07, 6.45) is 1.51. The first-order valence-electron chi connectivity index (χ1n) is 7.97. The lowest BCUT2D eigenvalue weighted by Gasteiger charge is -2.09. The molecule has 0 saturated carbocycles.